The quantitative estimate of drug-likeness (QED) is 0.804. The first-order valence-electron chi connectivity index (χ1n) is 8.84. The summed E-state index contributed by atoms with van der Waals surface area (Å²) in [6, 6.07) is 9.97. The van der Waals surface area contributed by atoms with Crippen molar-refractivity contribution in [3.8, 4) is 0 Å². The topological polar surface area (TPSA) is 78.3 Å². The summed E-state index contributed by atoms with van der Waals surface area (Å²) < 4.78 is 4.94. The molecule has 0 radical (unpaired) electrons. The van der Waals surface area contributed by atoms with Crippen molar-refractivity contribution in [1.29, 1.82) is 0 Å². The maximum atomic E-state index is 11.9. The van der Waals surface area contributed by atoms with Gasteiger partial charge in [-0.1, -0.05) is 24.3 Å². The van der Waals surface area contributed by atoms with Crippen LogP contribution in [0.25, 0.3) is 0 Å². The van der Waals surface area contributed by atoms with Gasteiger partial charge in [0.15, 0.2) is 0 Å². The monoisotopic (exact) mass is 343 g/mol. The van der Waals surface area contributed by atoms with Gasteiger partial charge < -0.3 is 14.7 Å². The minimum atomic E-state index is -0.271. The number of carbonyl (C=O) groups is 1. The lowest BCUT2D eigenvalue weighted by atomic mass is 9.94. The highest BCUT2D eigenvalue weighted by Crippen LogP contribution is 2.28. The molecule has 1 saturated heterocycles. The maximum absolute atomic E-state index is 11.9. The Morgan fingerprint density at radius 1 is 1.40 bits per heavy atom. The van der Waals surface area contributed by atoms with Crippen molar-refractivity contribution in [3.05, 3.63) is 57.6 Å². The summed E-state index contributed by atoms with van der Waals surface area (Å²) in [4.78, 5) is 25.2. The molecule has 2 heterocycles. The Bertz CT molecular complexity index is 765. The van der Waals surface area contributed by atoms with Crippen LogP contribution < -0.4 is 10.9 Å². The molecule has 6 heteroatoms. The number of H-pyrrole nitrogens is 1. The number of aromatic amines is 1. The summed E-state index contributed by atoms with van der Waals surface area (Å²) >= 11 is 0. The predicted molar refractivity (Wildman–Crippen MR) is 95.6 cm³/mol. The van der Waals surface area contributed by atoms with Crippen molar-refractivity contribution in [1.82, 2.24) is 15.4 Å². The molecule has 3 rings (SSSR count). The van der Waals surface area contributed by atoms with Gasteiger partial charge in [-0.2, -0.15) is 5.16 Å². The van der Waals surface area contributed by atoms with Gasteiger partial charge in [-0.05, 0) is 36.9 Å². The van der Waals surface area contributed by atoms with E-state index < -0.39 is 0 Å². The maximum Gasteiger partial charge on any atom is 0.280 e. The largest absolute Gasteiger partial charge is 0.384 e. The molecule has 1 aromatic heterocycles. The Balaban J connectivity index is 1.36. The van der Waals surface area contributed by atoms with Crippen molar-refractivity contribution in [2.24, 2.45) is 0 Å². The van der Waals surface area contributed by atoms with E-state index in [1.807, 2.05) is 0 Å². The molecule has 1 atom stereocenters. The first-order chi connectivity index (χ1) is 12.1. The normalized spacial score (nSPS) is 17.7. The Morgan fingerprint density at radius 3 is 3.00 bits per heavy atom. The van der Waals surface area contributed by atoms with Crippen molar-refractivity contribution in [3.63, 3.8) is 0 Å². The van der Waals surface area contributed by atoms with Crippen molar-refractivity contribution in [2.45, 2.75) is 32.1 Å². The van der Waals surface area contributed by atoms with Crippen LogP contribution in [0.4, 0.5) is 0 Å². The number of hydrogen-bond donors (Lipinski definition) is 2. The molecule has 1 unspecified atom stereocenters. The van der Waals surface area contributed by atoms with Gasteiger partial charge in [0.1, 0.15) is 5.76 Å². The van der Waals surface area contributed by atoms with Gasteiger partial charge in [0.05, 0.1) is 0 Å². The summed E-state index contributed by atoms with van der Waals surface area (Å²) in [5.41, 5.74) is 2.54. The molecule has 1 aliphatic rings. The van der Waals surface area contributed by atoms with Crippen LogP contribution in [0.3, 0.4) is 0 Å². The molecule has 2 N–H and O–H groups in total. The molecule has 0 bridgehead atoms. The second kappa shape index (κ2) is 8.16. The van der Waals surface area contributed by atoms with E-state index in [1.165, 1.54) is 23.6 Å². The van der Waals surface area contributed by atoms with Crippen LogP contribution in [0.2, 0.25) is 0 Å². The number of aryl methyl sites for hydroxylation is 2. The number of rotatable bonds is 7. The van der Waals surface area contributed by atoms with Gasteiger partial charge in [-0.25, -0.2) is 0 Å². The lowest BCUT2D eigenvalue weighted by Crippen LogP contribution is -2.33. The lowest BCUT2D eigenvalue weighted by Gasteiger charge is -2.17. The third-order valence-electron chi connectivity index (χ3n) is 4.82. The molecule has 0 aliphatic carbocycles. The molecule has 134 valence electrons. The van der Waals surface area contributed by atoms with Crippen molar-refractivity contribution < 1.29 is 9.32 Å². The fraction of sp³-hybridized carbons (Fsp3) is 0.474. The zero-order chi connectivity index (χ0) is 17.6. The van der Waals surface area contributed by atoms with Gasteiger partial charge in [0, 0.05) is 38.5 Å². The fourth-order valence-corrected chi connectivity index (χ4v) is 3.46. The van der Waals surface area contributed by atoms with Gasteiger partial charge in [-0.3, -0.25) is 9.59 Å². The minimum absolute atomic E-state index is 0.0153. The van der Waals surface area contributed by atoms with Crippen LogP contribution in [0.5, 0.6) is 0 Å². The smallest absolute Gasteiger partial charge is 0.280 e. The molecular weight excluding hydrogens is 318 g/mol. The predicted octanol–water partition coefficient (Wildman–Crippen LogP) is 1.81. The summed E-state index contributed by atoms with van der Waals surface area (Å²) in [6.07, 6.45) is 1.93. The highest BCUT2D eigenvalue weighted by atomic mass is 16.5. The first kappa shape index (κ1) is 17.5. The number of nitrogens with one attached hydrogen (secondary N) is 2. The third-order valence-corrected chi connectivity index (χ3v) is 4.82. The molecule has 6 nitrogen and oxygen atoms in total. The van der Waals surface area contributed by atoms with Gasteiger partial charge in [0.25, 0.3) is 5.56 Å². The van der Waals surface area contributed by atoms with E-state index >= 15 is 0 Å². The summed E-state index contributed by atoms with van der Waals surface area (Å²) in [6.45, 7) is 5.81. The number of likely N-dealkylation sites (tertiary alicyclic amines) is 1. The molecule has 25 heavy (non-hydrogen) atoms. The molecule has 0 spiro atoms. The highest BCUT2D eigenvalue weighted by Gasteiger charge is 2.24. The number of carbonyl (C=O) groups excluding carboxylic acids is 1. The van der Waals surface area contributed by atoms with Crippen LogP contribution in [-0.4, -0.2) is 42.1 Å². The lowest BCUT2D eigenvalue weighted by molar-refractivity contribution is -0.121. The zero-order valence-electron chi connectivity index (χ0n) is 14.6. The van der Waals surface area contributed by atoms with Crippen LogP contribution in [0.1, 0.15) is 35.6 Å². The summed E-state index contributed by atoms with van der Waals surface area (Å²) in [7, 11) is 0. The Labute approximate surface area is 147 Å². The zero-order valence-corrected chi connectivity index (χ0v) is 14.6. The van der Waals surface area contributed by atoms with Gasteiger partial charge in [0.2, 0.25) is 5.91 Å². The van der Waals surface area contributed by atoms with E-state index in [-0.39, 0.29) is 11.5 Å². The van der Waals surface area contributed by atoms with E-state index in [9.17, 15) is 9.59 Å². The average Bonchev–Trinajstić information content (AvgIpc) is 3.22. The summed E-state index contributed by atoms with van der Waals surface area (Å²) in [5.74, 6) is 1.09. The van der Waals surface area contributed by atoms with E-state index in [4.69, 9.17) is 4.52 Å². The molecule has 2 aromatic rings. The molecule has 1 aliphatic heterocycles. The van der Waals surface area contributed by atoms with Crippen LogP contribution >= 0.6 is 0 Å². The van der Waals surface area contributed by atoms with Crippen LogP contribution in [0, 0.1) is 6.92 Å². The highest BCUT2D eigenvalue weighted by molar-refractivity contribution is 5.76. The van der Waals surface area contributed by atoms with E-state index in [0.717, 1.165) is 19.6 Å². The first-order valence-corrected chi connectivity index (χ1v) is 8.84. The molecule has 1 aromatic carbocycles. The molecule has 1 amide bonds. The number of nitrogens with zero attached hydrogens (tertiary/aromatic N) is 1. The summed E-state index contributed by atoms with van der Waals surface area (Å²) in [5, 5.41) is 5.17. The minimum Gasteiger partial charge on any atom is -0.384 e. The van der Waals surface area contributed by atoms with Crippen molar-refractivity contribution in [2.75, 3.05) is 26.2 Å². The molecule has 0 saturated carbocycles. The molecule has 1 fully saturated rings. The van der Waals surface area contributed by atoms with Crippen LogP contribution in [-0.2, 0) is 11.2 Å². The van der Waals surface area contributed by atoms with Gasteiger partial charge >= 0.3 is 0 Å². The number of amides is 1. The number of aromatic nitrogens is 1. The SMILES string of the molecule is Cc1ccccc1C1CCN(CCNC(=O)CCc2cc(=O)[nH]o2)C1. The van der Waals surface area contributed by atoms with E-state index in [1.54, 1.807) is 0 Å². The van der Waals surface area contributed by atoms with Crippen molar-refractivity contribution >= 4 is 5.91 Å². The third kappa shape index (κ3) is 4.82. The number of benzene rings is 1. The standard InChI is InChI=1S/C19H25N3O3/c1-14-4-2-3-5-17(14)15-8-10-22(13-15)11-9-20-18(23)7-6-16-12-19(24)21-25-16/h2-5,12,15H,6-11,13H2,1H3,(H,20,23)(H,21,24). The second-order valence-electron chi connectivity index (χ2n) is 6.67. The molecular formula is C19H25N3O3. The Kier molecular flexibility index (Phi) is 5.71. The number of hydrogen-bond acceptors (Lipinski definition) is 4. The van der Waals surface area contributed by atoms with Crippen LogP contribution in [0.15, 0.2) is 39.6 Å². The Morgan fingerprint density at radius 2 is 2.24 bits per heavy atom. The van der Waals surface area contributed by atoms with E-state index in [0.29, 0.717) is 31.1 Å². The second-order valence-corrected chi connectivity index (χ2v) is 6.67. The Hall–Kier alpha value is -2.34. The average molecular weight is 343 g/mol. The van der Waals surface area contributed by atoms with E-state index in [2.05, 4.69) is 46.6 Å². The fourth-order valence-electron chi connectivity index (χ4n) is 3.46. The van der Waals surface area contributed by atoms with Gasteiger partial charge in [-0.15, -0.1) is 0 Å².